The number of hydrogen-bond acceptors (Lipinski definition) is 6. The van der Waals surface area contributed by atoms with E-state index in [9.17, 15) is 4.79 Å². The number of pyridine rings is 1. The quantitative estimate of drug-likeness (QED) is 0.253. The third-order valence-corrected chi connectivity index (χ3v) is 6.04. The van der Waals surface area contributed by atoms with Crippen molar-refractivity contribution in [3.63, 3.8) is 0 Å². The van der Waals surface area contributed by atoms with Crippen molar-refractivity contribution in [2.45, 2.75) is 13.0 Å². The second-order valence-electron chi connectivity index (χ2n) is 7.88. The molecule has 0 fully saturated rings. The number of nitrogens with zero attached hydrogens (tertiary/aromatic N) is 1. The van der Waals surface area contributed by atoms with E-state index in [2.05, 4.69) is 31.5 Å². The summed E-state index contributed by atoms with van der Waals surface area (Å²) >= 11 is 3.45. The number of halogens is 1. The summed E-state index contributed by atoms with van der Waals surface area (Å²) in [7, 11) is 4.69. The van der Waals surface area contributed by atoms with Crippen LogP contribution in [0.5, 0.6) is 28.7 Å². The molecule has 0 saturated heterocycles. The number of aromatic nitrogens is 1. The zero-order valence-corrected chi connectivity index (χ0v) is 21.9. The number of nitrogens with one attached hydrogen (secondary N) is 2. The van der Waals surface area contributed by atoms with Crippen LogP contribution in [0, 0.1) is 0 Å². The predicted octanol–water partition coefficient (Wildman–Crippen LogP) is 6.70. The number of carbonyl (C=O) groups is 1. The SMILES string of the molecule is COc1cc2nccc(Oc3ccc(NC(=O)NC(C)c4cccc(Br)c4)cc3OC)c2cc1OC. The van der Waals surface area contributed by atoms with E-state index in [1.54, 1.807) is 57.9 Å². The average molecular weight is 552 g/mol. The molecule has 36 heavy (non-hydrogen) atoms. The highest BCUT2D eigenvalue weighted by Gasteiger charge is 2.15. The second-order valence-corrected chi connectivity index (χ2v) is 8.79. The molecule has 0 saturated carbocycles. The number of carbonyl (C=O) groups excluding carboxylic acids is 1. The van der Waals surface area contributed by atoms with Crippen LogP contribution in [0.3, 0.4) is 0 Å². The van der Waals surface area contributed by atoms with Gasteiger partial charge in [0.25, 0.3) is 0 Å². The maximum absolute atomic E-state index is 12.6. The minimum atomic E-state index is -0.334. The number of methoxy groups -OCH3 is 3. The van der Waals surface area contributed by atoms with Crippen molar-refractivity contribution in [1.29, 1.82) is 0 Å². The van der Waals surface area contributed by atoms with Gasteiger partial charge in [-0.15, -0.1) is 0 Å². The van der Waals surface area contributed by atoms with Gasteiger partial charge in [0.1, 0.15) is 5.75 Å². The van der Waals surface area contributed by atoms with Crippen LogP contribution in [0.25, 0.3) is 10.9 Å². The Hall–Kier alpha value is -3.98. The zero-order valence-electron chi connectivity index (χ0n) is 20.3. The highest BCUT2D eigenvalue weighted by Crippen LogP contribution is 2.39. The molecule has 4 aromatic rings. The second kappa shape index (κ2) is 11.2. The molecule has 1 atom stereocenters. The van der Waals surface area contributed by atoms with Gasteiger partial charge in [0, 0.05) is 33.9 Å². The topological polar surface area (TPSA) is 90.9 Å². The normalized spacial score (nSPS) is 11.5. The molecular formula is C27H26BrN3O5. The lowest BCUT2D eigenvalue weighted by Crippen LogP contribution is -2.31. The van der Waals surface area contributed by atoms with E-state index in [0.717, 1.165) is 15.4 Å². The summed E-state index contributed by atoms with van der Waals surface area (Å²) in [6, 6.07) is 17.8. The van der Waals surface area contributed by atoms with E-state index >= 15 is 0 Å². The van der Waals surface area contributed by atoms with Gasteiger partial charge in [0.2, 0.25) is 0 Å². The summed E-state index contributed by atoms with van der Waals surface area (Å²) < 4.78 is 23.5. The molecule has 0 spiro atoms. The van der Waals surface area contributed by atoms with Gasteiger partial charge in [0.15, 0.2) is 23.0 Å². The molecule has 0 aliphatic carbocycles. The molecule has 186 valence electrons. The van der Waals surface area contributed by atoms with Crippen molar-refractivity contribution in [2.75, 3.05) is 26.6 Å². The van der Waals surface area contributed by atoms with Crippen LogP contribution in [0.15, 0.2) is 71.3 Å². The first-order chi connectivity index (χ1) is 17.4. The van der Waals surface area contributed by atoms with Crippen LogP contribution in [0.1, 0.15) is 18.5 Å². The van der Waals surface area contributed by atoms with Gasteiger partial charge in [-0.3, -0.25) is 4.98 Å². The van der Waals surface area contributed by atoms with Crippen LogP contribution in [0.4, 0.5) is 10.5 Å². The first-order valence-electron chi connectivity index (χ1n) is 11.1. The van der Waals surface area contributed by atoms with Crippen molar-refractivity contribution in [1.82, 2.24) is 10.3 Å². The predicted molar refractivity (Wildman–Crippen MR) is 143 cm³/mol. The van der Waals surface area contributed by atoms with E-state index in [0.29, 0.717) is 40.0 Å². The zero-order chi connectivity index (χ0) is 25.7. The monoisotopic (exact) mass is 551 g/mol. The summed E-state index contributed by atoms with van der Waals surface area (Å²) in [5.74, 6) is 2.65. The van der Waals surface area contributed by atoms with Crippen LogP contribution in [0.2, 0.25) is 0 Å². The van der Waals surface area contributed by atoms with E-state index in [1.807, 2.05) is 37.3 Å². The van der Waals surface area contributed by atoms with Gasteiger partial charge < -0.3 is 29.6 Å². The van der Waals surface area contributed by atoms with Gasteiger partial charge in [0.05, 0.1) is 32.9 Å². The summed E-state index contributed by atoms with van der Waals surface area (Å²) in [6.07, 6.45) is 1.66. The molecule has 0 radical (unpaired) electrons. The third kappa shape index (κ3) is 5.63. The number of fused-ring (bicyclic) bond motifs is 1. The molecule has 9 heteroatoms. The molecular weight excluding hydrogens is 526 g/mol. The molecule has 1 aromatic heterocycles. The first-order valence-corrected chi connectivity index (χ1v) is 11.9. The lowest BCUT2D eigenvalue weighted by molar-refractivity contribution is 0.249. The summed E-state index contributed by atoms with van der Waals surface area (Å²) in [5.41, 5.74) is 2.24. The molecule has 4 rings (SSSR count). The fourth-order valence-corrected chi connectivity index (χ4v) is 4.12. The van der Waals surface area contributed by atoms with Crippen molar-refractivity contribution in [3.8, 4) is 28.7 Å². The third-order valence-electron chi connectivity index (χ3n) is 5.54. The van der Waals surface area contributed by atoms with Crippen molar-refractivity contribution >= 4 is 38.6 Å². The summed E-state index contributed by atoms with van der Waals surface area (Å²) in [5, 5.41) is 6.52. The molecule has 1 unspecified atom stereocenters. The Bertz CT molecular complexity index is 1400. The van der Waals surface area contributed by atoms with Crippen molar-refractivity contribution in [2.24, 2.45) is 0 Å². The van der Waals surface area contributed by atoms with E-state index in [4.69, 9.17) is 18.9 Å². The Morgan fingerprint density at radius 3 is 2.31 bits per heavy atom. The Morgan fingerprint density at radius 2 is 1.58 bits per heavy atom. The minimum Gasteiger partial charge on any atom is -0.493 e. The van der Waals surface area contributed by atoms with Gasteiger partial charge >= 0.3 is 6.03 Å². The van der Waals surface area contributed by atoms with Crippen molar-refractivity contribution in [3.05, 3.63) is 76.9 Å². The highest BCUT2D eigenvalue weighted by atomic mass is 79.9. The molecule has 0 bridgehead atoms. The standard InChI is InChI=1S/C27H26BrN3O5/c1-16(17-6-5-7-18(28)12-17)30-27(32)31-19-8-9-23(24(13-19)33-2)36-22-10-11-29-21-15-26(35-4)25(34-3)14-20(21)22/h5-16H,1-4H3,(H2,30,31,32). The fourth-order valence-electron chi connectivity index (χ4n) is 3.71. The lowest BCUT2D eigenvalue weighted by atomic mass is 10.1. The van der Waals surface area contributed by atoms with Crippen LogP contribution in [-0.4, -0.2) is 32.3 Å². The summed E-state index contributed by atoms with van der Waals surface area (Å²) in [6.45, 7) is 1.92. The summed E-state index contributed by atoms with van der Waals surface area (Å²) in [4.78, 5) is 17.0. The first kappa shape index (κ1) is 25.1. The number of anilines is 1. The van der Waals surface area contributed by atoms with Crippen LogP contribution in [-0.2, 0) is 0 Å². The molecule has 0 aliphatic rings. The van der Waals surface area contributed by atoms with Gasteiger partial charge in [-0.2, -0.15) is 0 Å². The van der Waals surface area contributed by atoms with E-state index in [1.165, 1.54) is 0 Å². The Labute approximate surface area is 217 Å². The lowest BCUT2D eigenvalue weighted by Gasteiger charge is -2.17. The van der Waals surface area contributed by atoms with E-state index in [-0.39, 0.29) is 12.1 Å². The number of urea groups is 1. The maximum atomic E-state index is 12.6. The Balaban J connectivity index is 1.52. The van der Waals surface area contributed by atoms with Crippen molar-refractivity contribution < 1.29 is 23.7 Å². The molecule has 0 aliphatic heterocycles. The smallest absolute Gasteiger partial charge is 0.319 e. The molecule has 3 aromatic carbocycles. The average Bonchev–Trinajstić information content (AvgIpc) is 2.88. The number of ether oxygens (including phenoxy) is 4. The van der Waals surface area contributed by atoms with Gasteiger partial charge in [-0.25, -0.2) is 4.79 Å². The fraction of sp³-hybridized carbons (Fsp3) is 0.185. The maximum Gasteiger partial charge on any atom is 0.319 e. The molecule has 2 amide bonds. The number of rotatable bonds is 8. The van der Waals surface area contributed by atoms with Crippen LogP contribution >= 0.6 is 15.9 Å². The van der Waals surface area contributed by atoms with E-state index < -0.39 is 0 Å². The molecule has 2 N–H and O–H groups in total. The Morgan fingerprint density at radius 1 is 0.861 bits per heavy atom. The van der Waals surface area contributed by atoms with Gasteiger partial charge in [-0.05, 0) is 48.9 Å². The number of hydrogen-bond donors (Lipinski definition) is 2. The number of amides is 2. The Kier molecular flexibility index (Phi) is 7.80. The van der Waals surface area contributed by atoms with Crippen LogP contribution < -0.4 is 29.6 Å². The minimum absolute atomic E-state index is 0.178. The molecule has 8 nitrogen and oxygen atoms in total. The highest BCUT2D eigenvalue weighted by molar-refractivity contribution is 9.10. The number of benzene rings is 3. The molecule has 1 heterocycles. The largest absolute Gasteiger partial charge is 0.493 e. The van der Waals surface area contributed by atoms with Gasteiger partial charge in [-0.1, -0.05) is 28.1 Å².